The minimum absolute atomic E-state index is 0.281. The number of anilines is 1. The zero-order valence-corrected chi connectivity index (χ0v) is 12.1. The molecule has 0 aliphatic rings. The number of nitrogens with two attached hydrogens (primary N) is 1. The lowest BCUT2D eigenvalue weighted by Crippen LogP contribution is -2.28. The fraction of sp³-hybridized carbons (Fsp3) is 0.286. The molecule has 20 heavy (non-hydrogen) atoms. The first-order chi connectivity index (χ1) is 9.61. The molecule has 0 aliphatic carbocycles. The van der Waals surface area contributed by atoms with Gasteiger partial charge in [-0.25, -0.2) is 4.98 Å². The average molecular weight is 291 g/mol. The van der Waals surface area contributed by atoms with Crippen molar-refractivity contribution >= 4 is 33.3 Å². The van der Waals surface area contributed by atoms with Crippen LogP contribution in [0.1, 0.15) is 17.4 Å². The number of amides is 1. The van der Waals surface area contributed by atoms with Crippen LogP contribution >= 0.6 is 0 Å². The second-order valence-corrected chi connectivity index (χ2v) is 6.17. The van der Waals surface area contributed by atoms with Gasteiger partial charge in [0.1, 0.15) is 11.5 Å². The smallest absolute Gasteiger partial charge is 0.270 e. The Morgan fingerprint density at radius 3 is 2.90 bits per heavy atom. The maximum absolute atomic E-state index is 12.0. The number of nitrogen functional groups attached to an aromatic ring is 1. The predicted octanol–water partition coefficient (Wildman–Crippen LogP) is 1.32. The van der Waals surface area contributed by atoms with Crippen molar-refractivity contribution < 1.29 is 9.00 Å². The third-order valence-corrected chi connectivity index (χ3v) is 4.24. The van der Waals surface area contributed by atoms with Gasteiger partial charge >= 0.3 is 0 Å². The van der Waals surface area contributed by atoms with E-state index in [2.05, 4.69) is 10.3 Å². The lowest BCUT2D eigenvalue weighted by Gasteiger charge is -2.07. The summed E-state index contributed by atoms with van der Waals surface area (Å²) in [5, 5.41) is 4.41. The van der Waals surface area contributed by atoms with Crippen LogP contribution in [0.4, 0.5) is 5.82 Å². The van der Waals surface area contributed by atoms with Gasteiger partial charge in [0.15, 0.2) is 0 Å². The summed E-state index contributed by atoms with van der Waals surface area (Å²) >= 11 is 0. The van der Waals surface area contributed by atoms with Crippen LogP contribution in [0.15, 0.2) is 30.3 Å². The topological polar surface area (TPSA) is 85.1 Å². The minimum atomic E-state index is -0.886. The highest BCUT2D eigenvalue weighted by Gasteiger charge is 2.10. The Kier molecular flexibility index (Phi) is 4.68. The second kappa shape index (κ2) is 6.47. The largest absolute Gasteiger partial charge is 0.383 e. The molecule has 1 atom stereocenters. The van der Waals surface area contributed by atoms with E-state index < -0.39 is 10.8 Å². The summed E-state index contributed by atoms with van der Waals surface area (Å²) in [4.78, 5) is 16.1. The second-order valence-electron chi connectivity index (χ2n) is 4.30. The van der Waals surface area contributed by atoms with Gasteiger partial charge < -0.3 is 11.1 Å². The highest BCUT2D eigenvalue weighted by atomic mass is 32.2. The molecule has 0 radical (unpaired) electrons. The normalized spacial score (nSPS) is 12.2. The molecule has 106 valence electrons. The van der Waals surface area contributed by atoms with Gasteiger partial charge in [-0.2, -0.15) is 0 Å². The van der Waals surface area contributed by atoms with E-state index in [4.69, 9.17) is 5.73 Å². The first kappa shape index (κ1) is 14.5. The van der Waals surface area contributed by atoms with Gasteiger partial charge in [-0.15, -0.1) is 0 Å². The molecule has 1 aromatic heterocycles. The van der Waals surface area contributed by atoms with E-state index in [9.17, 15) is 9.00 Å². The SMILES string of the molecule is CCS(=O)CCNC(=O)c1cc2ccccc2c(N)n1. The summed E-state index contributed by atoms with van der Waals surface area (Å²) < 4.78 is 11.3. The van der Waals surface area contributed by atoms with Crippen LogP contribution in [0.25, 0.3) is 10.8 Å². The van der Waals surface area contributed by atoms with Crippen LogP contribution in [0.2, 0.25) is 0 Å². The highest BCUT2D eigenvalue weighted by Crippen LogP contribution is 2.19. The molecular weight excluding hydrogens is 274 g/mol. The summed E-state index contributed by atoms with van der Waals surface area (Å²) in [7, 11) is -0.886. The number of aromatic nitrogens is 1. The first-order valence-electron chi connectivity index (χ1n) is 6.40. The molecule has 1 unspecified atom stereocenters. The Hall–Kier alpha value is -1.95. The third kappa shape index (κ3) is 3.33. The fourth-order valence-corrected chi connectivity index (χ4v) is 2.47. The quantitative estimate of drug-likeness (QED) is 0.870. The van der Waals surface area contributed by atoms with E-state index in [0.717, 1.165) is 10.8 Å². The van der Waals surface area contributed by atoms with Gasteiger partial charge in [-0.3, -0.25) is 9.00 Å². The van der Waals surface area contributed by atoms with E-state index in [1.165, 1.54) is 0 Å². The van der Waals surface area contributed by atoms with E-state index in [0.29, 0.717) is 23.9 Å². The molecule has 0 saturated heterocycles. The monoisotopic (exact) mass is 291 g/mol. The highest BCUT2D eigenvalue weighted by molar-refractivity contribution is 7.84. The average Bonchev–Trinajstić information content (AvgIpc) is 2.46. The molecule has 0 saturated carbocycles. The maximum Gasteiger partial charge on any atom is 0.270 e. The van der Waals surface area contributed by atoms with Crippen LogP contribution in [-0.4, -0.2) is 33.2 Å². The zero-order chi connectivity index (χ0) is 14.5. The molecule has 1 heterocycles. The maximum atomic E-state index is 12.0. The molecule has 2 aromatic rings. The standard InChI is InChI=1S/C14H17N3O2S/c1-2-20(19)8-7-16-14(18)12-9-10-5-3-4-6-11(10)13(15)17-12/h3-6,9H,2,7-8H2,1H3,(H2,15,17)(H,16,18). The number of nitrogens with zero attached hydrogens (tertiary/aromatic N) is 1. The number of nitrogens with one attached hydrogen (secondary N) is 1. The lowest BCUT2D eigenvalue weighted by molar-refractivity contribution is 0.0951. The number of benzene rings is 1. The molecule has 1 amide bonds. The molecule has 2 rings (SSSR count). The molecular formula is C14H17N3O2S. The van der Waals surface area contributed by atoms with Crippen LogP contribution in [-0.2, 0) is 10.8 Å². The van der Waals surface area contributed by atoms with Crippen molar-refractivity contribution in [2.45, 2.75) is 6.92 Å². The Morgan fingerprint density at radius 1 is 1.40 bits per heavy atom. The van der Waals surface area contributed by atoms with Gasteiger partial charge in [0.05, 0.1) is 0 Å². The van der Waals surface area contributed by atoms with Crippen molar-refractivity contribution in [3.05, 3.63) is 36.0 Å². The number of hydrogen-bond acceptors (Lipinski definition) is 4. The number of hydrogen-bond donors (Lipinski definition) is 2. The number of carbonyl (C=O) groups excluding carboxylic acids is 1. The Bertz CT molecular complexity index is 658. The van der Waals surface area contributed by atoms with Gasteiger partial charge in [0, 0.05) is 34.2 Å². The van der Waals surface area contributed by atoms with Crippen LogP contribution < -0.4 is 11.1 Å². The Labute approximate surface area is 120 Å². The van der Waals surface area contributed by atoms with E-state index in [-0.39, 0.29) is 11.6 Å². The first-order valence-corrected chi connectivity index (χ1v) is 7.89. The predicted molar refractivity (Wildman–Crippen MR) is 82.0 cm³/mol. The van der Waals surface area contributed by atoms with Crippen molar-refractivity contribution in [2.75, 3.05) is 23.8 Å². The summed E-state index contributed by atoms with van der Waals surface area (Å²) in [5.74, 6) is 1.09. The van der Waals surface area contributed by atoms with Gasteiger partial charge in [-0.1, -0.05) is 31.2 Å². The number of fused-ring (bicyclic) bond motifs is 1. The van der Waals surface area contributed by atoms with E-state index >= 15 is 0 Å². The fourth-order valence-electron chi connectivity index (χ4n) is 1.86. The van der Waals surface area contributed by atoms with Gasteiger partial charge in [0.2, 0.25) is 0 Å². The molecule has 3 N–H and O–H groups in total. The van der Waals surface area contributed by atoms with Crippen molar-refractivity contribution in [2.24, 2.45) is 0 Å². The van der Waals surface area contributed by atoms with Gasteiger partial charge in [-0.05, 0) is 11.5 Å². The third-order valence-electron chi connectivity index (χ3n) is 2.94. The molecule has 0 spiro atoms. The minimum Gasteiger partial charge on any atom is -0.383 e. The summed E-state index contributed by atoms with van der Waals surface area (Å²) in [6.07, 6.45) is 0. The molecule has 0 bridgehead atoms. The van der Waals surface area contributed by atoms with Gasteiger partial charge in [0.25, 0.3) is 5.91 Å². The van der Waals surface area contributed by atoms with Crippen molar-refractivity contribution in [1.29, 1.82) is 0 Å². The zero-order valence-electron chi connectivity index (χ0n) is 11.3. The lowest BCUT2D eigenvalue weighted by atomic mass is 10.1. The Balaban J connectivity index is 2.12. The molecule has 5 nitrogen and oxygen atoms in total. The van der Waals surface area contributed by atoms with E-state index in [1.54, 1.807) is 6.07 Å². The van der Waals surface area contributed by atoms with Crippen molar-refractivity contribution in [3.63, 3.8) is 0 Å². The van der Waals surface area contributed by atoms with Crippen LogP contribution in [0, 0.1) is 0 Å². The summed E-state index contributed by atoms with van der Waals surface area (Å²) in [6, 6.07) is 9.21. The number of carbonyl (C=O) groups is 1. The van der Waals surface area contributed by atoms with E-state index in [1.807, 2.05) is 31.2 Å². The van der Waals surface area contributed by atoms with Crippen LogP contribution in [0.5, 0.6) is 0 Å². The Morgan fingerprint density at radius 2 is 2.15 bits per heavy atom. The van der Waals surface area contributed by atoms with Crippen LogP contribution in [0.3, 0.4) is 0 Å². The molecule has 0 fully saturated rings. The summed E-state index contributed by atoms with van der Waals surface area (Å²) in [5.41, 5.74) is 6.13. The molecule has 0 aliphatic heterocycles. The number of pyridine rings is 1. The number of rotatable bonds is 5. The van der Waals surface area contributed by atoms with Crippen molar-refractivity contribution in [1.82, 2.24) is 10.3 Å². The van der Waals surface area contributed by atoms with Crippen molar-refractivity contribution in [3.8, 4) is 0 Å². The molecule has 6 heteroatoms. The summed E-state index contributed by atoms with van der Waals surface area (Å²) in [6.45, 7) is 2.22. The molecule has 1 aromatic carbocycles.